The molecule has 1 aromatic rings. The maximum Gasteiger partial charge on any atom is 0.343 e. The second-order valence-corrected chi connectivity index (χ2v) is 6.96. The van der Waals surface area contributed by atoms with Crippen LogP contribution in [0.15, 0.2) is 4.79 Å². The van der Waals surface area contributed by atoms with Crippen molar-refractivity contribution >= 4 is 5.91 Å². The highest BCUT2D eigenvalue weighted by molar-refractivity contribution is 5.76. The third kappa shape index (κ3) is 2.51. The Kier molecular flexibility index (Phi) is 3.12. The van der Waals surface area contributed by atoms with Crippen LogP contribution in [0.3, 0.4) is 0 Å². The SMILES string of the molecule is O=C(CC1CC2CCC1C2)NCc1n[nH]c(=O)n1C1CC1. The minimum absolute atomic E-state index is 0.102. The van der Waals surface area contributed by atoms with Crippen LogP contribution in [-0.4, -0.2) is 20.7 Å². The number of aromatic nitrogens is 3. The standard InChI is InChI=1S/C15H22N4O2/c20-14(7-11-6-9-1-2-10(11)5-9)16-8-13-17-18-15(21)19(13)12-3-4-12/h9-12H,1-8H2,(H,16,20)(H,18,21). The van der Waals surface area contributed by atoms with Gasteiger partial charge in [-0.15, -0.1) is 0 Å². The Morgan fingerprint density at radius 3 is 2.81 bits per heavy atom. The van der Waals surface area contributed by atoms with Crippen LogP contribution >= 0.6 is 0 Å². The van der Waals surface area contributed by atoms with E-state index in [0.717, 1.165) is 24.7 Å². The summed E-state index contributed by atoms with van der Waals surface area (Å²) in [6, 6.07) is 0.286. The first-order chi connectivity index (χ1) is 10.2. The molecule has 3 saturated carbocycles. The van der Waals surface area contributed by atoms with E-state index in [0.29, 0.717) is 24.7 Å². The summed E-state index contributed by atoms with van der Waals surface area (Å²) in [5.74, 6) is 2.98. The van der Waals surface area contributed by atoms with Gasteiger partial charge >= 0.3 is 5.69 Å². The zero-order valence-electron chi connectivity index (χ0n) is 12.2. The van der Waals surface area contributed by atoms with Gasteiger partial charge in [0.15, 0.2) is 5.82 Å². The molecule has 1 heterocycles. The molecule has 21 heavy (non-hydrogen) atoms. The molecular weight excluding hydrogens is 268 g/mol. The lowest BCUT2D eigenvalue weighted by molar-refractivity contribution is -0.122. The van der Waals surface area contributed by atoms with Crippen molar-refractivity contribution in [2.24, 2.45) is 17.8 Å². The van der Waals surface area contributed by atoms with Gasteiger partial charge in [-0.2, -0.15) is 5.10 Å². The molecule has 3 fully saturated rings. The van der Waals surface area contributed by atoms with E-state index in [9.17, 15) is 9.59 Å². The highest BCUT2D eigenvalue weighted by atomic mass is 16.2. The zero-order valence-corrected chi connectivity index (χ0v) is 12.2. The second-order valence-electron chi connectivity index (χ2n) is 6.96. The molecule has 4 rings (SSSR count). The topological polar surface area (TPSA) is 79.8 Å². The minimum atomic E-state index is -0.158. The van der Waals surface area contributed by atoms with Crippen LogP contribution in [0.1, 0.15) is 56.8 Å². The summed E-state index contributed by atoms with van der Waals surface area (Å²) < 4.78 is 1.69. The summed E-state index contributed by atoms with van der Waals surface area (Å²) >= 11 is 0. The van der Waals surface area contributed by atoms with E-state index < -0.39 is 0 Å². The fraction of sp³-hybridized carbons (Fsp3) is 0.800. The van der Waals surface area contributed by atoms with Gasteiger partial charge in [0.25, 0.3) is 0 Å². The van der Waals surface area contributed by atoms with Crippen LogP contribution in [0.2, 0.25) is 0 Å². The number of hydrogen-bond donors (Lipinski definition) is 2. The summed E-state index contributed by atoms with van der Waals surface area (Å²) in [6.07, 6.45) is 7.94. The summed E-state index contributed by atoms with van der Waals surface area (Å²) in [6.45, 7) is 0.356. The van der Waals surface area contributed by atoms with Crippen molar-refractivity contribution in [3.05, 3.63) is 16.3 Å². The Bertz CT molecular complexity index is 601. The van der Waals surface area contributed by atoms with E-state index in [2.05, 4.69) is 15.5 Å². The van der Waals surface area contributed by atoms with Crippen molar-refractivity contribution in [1.82, 2.24) is 20.1 Å². The molecule has 0 saturated heterocycles. The number of H-pyrrole nitrogens is 1. The number of carbonyl (C=O) groups excluding carboxylic acids is 1. The first-order valence-electron chi connectivity index (χ1n) is 8.13. The van der Waals surface area contributed by atoms with E-state index in [1.165, 1.54) is 25.7 Å². The van der Waals surface area contributed by atoms with Crippen LogP contribution in [0.5, 0.6) is 0 Å². The number of amides is 1. The minimum Gasteiger partial charge on any atom is -0.349 e. The Balaban J connectivity index is 1.32. The third-order valence-corrected chi connectivity index (χ3v) is 5.47. The van der Waals surface area contributed by atoms with E-state index in [1.54, 1.807) is 4.57 Å². The van der Waals surface area contributed by atoms with Crippen LogP contribution in [0, 0.1) is 17.8 Å². The lowest BCUT2D eigenvalue weighted by atomic mass is 9.86. The Labute approximate surface area is 123 Å². The molecule has 0 aliphatic heterocycles. The molecule has 6 nitrogen and oxygen atoms in total. The first kappa shape index (κ1) is 13.1. The molecule has 2 N–H and O–H groups in total. The molecule has 3 aliphatic carbocycles. The summed E-state index contributed by atoms with van der Waals surface area (Å²) in [7, 11) is 0. The Morgan fingerprint density at radius 1 is 1.29 bits per heavy atom. The van der Waals surface area contributed by atoms with E-state index in [-0.39, 0.29) is 17.6 Å². The van der Waals surface area contributed by atoms with Crippen LogP contribution in [-0.2, 0) is 11.3 Å². The maximum atomic E-state index is 12.1. The zero-order chi connectivity index (χ0) is 14.4. The van der Waals surface area contributed by atoms with Crippen molar-refractivity contribution in [3.8, 4) is 0 Å². The molecule has 2 bridgehead atoms. The van der Waals surface area contributed by atoms with Crippen molar-refractivity contribution in [2.75, 3.05) is 0 Å². The van der Waals surface area contributed by atoms with Gasteiger partial charge in [-0.1, -0.05) is 6.42 Å². The summed E-state index contributed by atoms with van der Waals surface area (Å²) in [5, 5.41) is 9.45. The number of nitrogens with one attached hydrogen (secondary N) is 2. The number of carbonyl (C=O) groups is 1. The first-order valence-corrected chi connectivity index (χ1v) is 8.13. The smallest absolute Gasteiger partial charge is 0.343 e. The molecule has 3 unspecified atom stereocenters. The monoisotopic (exact) mass is 290 g/mol. The van der Waals surface area contributed by atoms with Crippen LogP contribution < -0.4 is 11.0 Å². The Morgan fingerprint density at radius 2 is 2.14 bits per heavy atom. The third-order valence-electron chi connectivity index (χ3n) is 5.47. The molecule has 0 aromatic carbocycles. The number of nitrogens with zero attached hydrogens (tertiary/aromatic N) is 2. The maximum absolute atomic E-state index is 12.1. The predicted molar refractivity (Wildman–Crippen MR) is 76.5 cm³/mol. The predicted octanol–water partition coefficient (Wildman–Crippen LogP) is 1.35. The van der Waals surface area contributed by atoms with Gasteiger partial charge in [-0.3, -0.25) is 9.36 Å². The van der Waals surface area contributed by atoms with E-state index >= 15 is 0 Å². The van der Waals surface area contributed by atoms with Gasteiger partial charge in [0, 0.05) is 12.5 Å². The van der Waals surface area contributed by atoms with Gasteiger partial charge in [0.05, 0.1) is 6.54 Å². The molecule has 6 heteroatoms. The van der Waals surface area contributed by atoms with Gasteiger partial charge in [-0.25, -0.2) is 9.89 Å². The van der Waals surface area contributed by atoms with Gasteiger partial charge in [-0.05, 0) is 49.9 Å². The molecule has 0 radical (unpaired) electrons. The lowest BCUT2D eigenvalue weighted by Gasteiger charge is -2.20. The summed E-state index contributed by atoms with van der Waals surface area (Å²) in [4.78, 5) is 23.8. The normalized spacial score (nSPS) is 30.8. The highest BCUT2D eigenvalue weighted by Gasteiger charge is 2.40. The number of hydrogen-bond acceptors (Lipinski definition) is 3. The molecule has 3 aliphatic rings. The largest absolute Gasteiger partial charge is 0.349 e. The van der Waals surface area contributed by atoms with E-state index in [1.807, 2.05) is 0 Å². The van der Waals surface area contributed by atoms with Gasteiger partial charge in [0.1, 0.15) is 0 Å². The average Bonchev–Trinajstić information content (AvgIpc) is 2.92. The van der Waals surface area contributed by atoms with Crippen molar-refractivity contribution in [1.29, 1.82) is 0 Å². The average molecular weight is 290 g/mol. The molecule has 1 amide bonds. The molecule has 0 spiro atoms. The van der Waals surface area contributed by atoms with Gasteiger partial charge < -0.3 is 5.32 Å². The molecule has 1 aromatic heterocycles. The van der Waals surface area contributed by atoms with Crippen LogP contribution in [0.25, 0.3) is 0 Å². The summed E-state index contributed by atoms with van der Waals surface area (Å²) in [5.41, 5.74) is -0.158. The fourth-order valence-corrected chi connectivity index (χ4v) is 4.29. The number of rotatable bonds is 5. The van der Waals surface area contributed by atoms with Crippen molar-refractivity contribution < 1.29 is 4.79 Å². The second kappa shape index (κ2) is 5.00. The number of fused-ring (bicyclic) bond motifs is 2. The molecule has 3 atom stereocenters. The highest BCUT2D eigenvalue weighted by Crippen LogP contribution is 2.49. The van der Waals surface area contributed by atoms with E-state index in [4.69, 9.17) is 0 Å². The van der Waals surface area contributed by atoms with Crippen molar-refractivity contribution in [2.45, 2.75) is 57.5 Å². The van der Waals surface area contributed by atoms with Gasteiger partial charge in [0.2, 0.25) is 5.91 Å². The fourth-order valence-electron chi connectivity index (χ4n) is 4.29. The number of aromatic amines is 1. The molecular formula is C15H22N4O2. The lowest BCUT2D eigenvalue weighted by Crippen LogP contribution is -2.29. The molecule has 114 valence electrons. The quantitative estimate of drug-likeness (QED) is 0.859. The Hall–Kier alpha value is -1.59. The van der Waals surface area contributed by atoms with Crippen LogP contribution in [0.4, 0.5) is 0 Å². The van der Waals surface area contributed by atoms with Crippen molar-refractivity contribution in [3.63, 3.8) is 0 Å².